The summed E-state index contributed by atoms with van der Waals surface area (Å²) in [6.07, 6.45) is 0.768. The van der Waals surface area contributed by atoms with Crippen LogP contribution < -0.4 is 4.90 Å². The van der Waals surface area contributed by atoms with Crippen molar-refractivity contribution in [1.29, 1.82) is 0 Å². The van der Waals surface area contributed by atoms with E-state index in [1.807, 2.05) is 11.0 Å². The Morgan fingerprint density at radius 3 is 2.67 bits per heavy atom. The number of benzene rings is 1. The van der Waals surface area contributed by atoms with Crippen molar-refractivity contribution in [3.8, 4) is 0 Å². The zero-order chi connectivity index (χ0) is 11.2. The average Bonchev–Trinajstić information content (AvgIpc) is 2.41. The molecule has 1 nitrogen and oxygen atoms in total. The van der Waals surface area contributed by atoms with Gasteiger partial charge in [-0.3, -0.25) is 0 Å². The highest BCUT2D eigenvalue weighted by molar-refractivity contribution is 7.80. The highest BCUT2D eigenvalue weighted by Crippen LogP contribution is 2.33. The fourth-order valence-electron chi connectivity index (χ4n) is 2.05. The van der Waals surface area contributed by atoms with E-state index >= 15 is 0 Å². The molecule has 1 aromatic rings. The van der Waals surface area contributed by atoms with Crippen molar-refractivity contribution < 1.29 is 4.39 Å². The van der Waals surface area contributed by atoms with Crippen molar-refractivity contribution in [3.63, 3.8) is 0 Å². The van der Waals surface area contributed by atoms with E-state index in [1.54, 1.807) is 13.0 Å². The van der Waals surface area contributed by atoms with Gasteiger partial charge in [-0.1, -0.05) is 18.3 Å². The van der Waals surface area contributed by atoms with Gasteiger partial charge < -0.3 is 4.90 Å². The van der Waals surface area contributed by atoms with E-state index in [0.717, 1.165) is 22.7 Å². The minimum absolute atomic E-state index is 0.149. The van der Waals surface area contributed by atoms with Crippen LogP contribution in [0.1, 0.15) is 25.0 Å². The van der Waals surface area contributed by atoms with Crippen LogP contribution in [-0.4, -0.2) is 11.0 Å². The van der Waals surface area contributed by atoms with Gasteiger partial charge in [-0.25, -0.2) is 4.39 Å². The number of hydrogen-bond donors (Lipinski definition) is 0. The van der Waals surface area contributed by atoms with Crippen molar-refractivity contribution in [1.82, 2.24) is 0 Å². The van der Waals surface area contributed by atoms with Crippen molar-refractivity contribution in [2.45, 2.75) is 33.2 Å². The number of aryl methyl sites for hydroxylation is 1. The summed E-state index contributed by atoms with van der Waals surface area (Å²) in [7, 11) is 0. The Labute approximate surface area is 94.9 Å². The number of hydrogen-bond acceptors (Lipinski definition) is 1. The molecule has 0 aromatic heterocycles. The summed E-state index contributed by atoms with van der Waals surface area (Å²) in [5.74, 6) is -0.149. The van der Waals surface area contributed by atoms with Gasteiger partial charge >= 0.3 is 0 Å². The second-order valence-corrected chi connectivity index (χ2v) is 4.74. The summed E-state index contributed by atoms with van der Waals surface area (Å²) < 4.78 is 13.5. The van der Waals surface area contributed by atoms with Crippen LogP contribution in [0.3, 0.4) is 0 Å². The van der Waals surface area contributed by atoms with Crippen LogP contribution in [0, 0.1) is 12.7 Å². The van der Waals surface area contributed by atoms with Gasteiger partial charge in [0.15, 0.2) is 0 Å². The van der Waals surface area contributed by atoms with Crippen LogP contribution in [0.4, 0.5) is 10.1 Å². The molecular formula is C12H14FNS. The van der Waals surface area contributed by atoms with E-state index in [0.29, 0.717) is 11.6 Å². The maximum Gasteiger partial charge on any atom is 0.128 e. The highest BCUT2D eigenvalue weighted by Gasteiger charge is 2.27. The molecule has 0 atom stereocenters. The van der Waals surface area contributed by atoms with Crippen LogP contribution in [0.2, 0.25) is 0 Å². The Hall–Kier alpha value is -0.960. The normalized spacial score (nSPS) is 15.0. The van der Waals surface area contributed by atoms with Gasteiger partial charge in [0, 0.05) is 18.2 Å². The molecule has 1 aromatic carbocycles. The molecule has 0 unspecified atom stereocenters. The molecule has 0 radical (unpaired) electrons. The molecule has 80 valence electrons. The van der Waals surface area contributed by atoms with Crippen molar-refractivity contribution in [3.05, 3.63) is 29.1 Å². The smallest absolute Gasteiger partial charge is 0.128 e. The lowest BCUT2D eigenvalue weighted by atomic mass is 10.1. The number of halogens is 1. The lowest BCUT2D eigenvalue weighted by Gasteiger charge is -2.24. The summed E-state index contributed by atoms with van der Waals surface area (Å²) in [6.45, 7) is 5.93. The topological polar surface area (TPSA) is 3.24 Å². The van der Waals surface area contributed by atoms with Crippen LogP contribution in [0.5, 0.6) is 0 Å². The number of nitrogens with zero attached hydrogens (tertiary/aromatic N) is 1. The molecule has 3 heteroatoms. The lowest BCUT2D eigenvalue weighted by Crippen LogP contribution is -2.32. The first-order valence-electron chi connectivity index (χ1n) is 5.12. The van der Waals surface area contributed by atoms with E-state index in [1.165, 1.54) is 0 Å². The minimum Gasteiger partial charge on any atom is -0.333 e. The molecule has 0 aliphatic carbocycles. The van der Waals surface area contributed by atoms with E-state index < -0.39 is 0 Å². The standard InChI is InChI=1S/C12H14FNS/c1-7(2)14-11-6-10(13)8(3)4-9(11)5-12(14)15/h4,6-7H,5H2,1-3H3. The molecule has 0 fully saturated rings. The quantitative estimate of drug-likeness (QED) is 0.672. The zero-order valence-corrected chi connectivity index (χ0v) is 9.99. The van der Waals surface area contributed by atoms with Crippen LogP contribution >= 0.6 is 12.2 Å². The molecular weight excluding hydrogens is 209 g/mol. The van der Waals surface area contributed by atoms with Gasteiger partial charge in [0.1, 0.15) is 5.82 Å². The third kappa shape index (κ3) is 1.65. The summed E-state index contributed by atoms with van der Waals surface area (Å²) in [5.41, 5.74) is 2.79. The molecule has 0 bridgehead atoms. The number of thiocarbonyl (C=S) groups is 1. The van der Waals surface area contributed by atoms with Gasteiger partial charge in [0.05, 0.1) is 4.99 Å². The summed E-state index contributed by atoms with van der Waals surface area (Å²) >= 11 is 5.31. The second-order valence-electron chi connectivity index (χ2n) is 4.26. The molecule has 15 heavy (non-hydrogen) atoms. The van der Waals surface area contributed by atoms with Gasteiger partial charge in [-0.05, 0) is 38.0 Å². The van der Waals surface area contributed by atoms with Crippen molar-refractivity contribution >= 4 is 22.9 Å². The molecule has 0 amide bonds. The molecule has 0 saturated carbocycles. The predicted molar refractivity (Wildman–Crippen MR) is 65.1 cm³/mol. The Bertz CT molecular complexity index is 426. The SMILES string of the molecule is Cc1cc2c(cc1F)N(C(C)C)C(=S)C2. The predicted octanol–water partition coefficient (Wildman–Crippen LogP) is 3.23. The molecule has 0 spiro atoms. The maximum absolute atomic E-state index is 13.5. The molecule has 0 saturated heterocycles. The van der Waals surface area contributed by atoms with Gasteiger partial charge in [0.2, 0.25) is 0 Å². The molecule has 0 N–H and O–H groups in total. The number of fused-ring (bicyclic) bond motifs is 1. The van der Waals surface area contributed by atoms with Crippen LogP contribution in [0.25, 0.3) is 0 Å². The third-order valence-corrected chi connectivity index (χ3v) is 3.09. The monoisotopic (exact) mass is 223 g/mol. The fraction of sp³-hybridized carbons (Fsp3) is 0.417. The van der Waals surface area contributed by atoms with Gasteiger partial charge in [-0.2, -0.15) is 0 Å². The number of rotatable bonds is 1. The summed E-state index contributed by atoms with van der Waals surface area (Å²) in [6, 6.07) is 3.80. The first kappa shape index (κ1) is 10.6. The average molecular weight is 223 g/mol. The zero-order valence-electron chi connectivity index (χ0n) is 9.17. The lowest BCUT2D eigenvalue weighted by molar-refractivity contribution is 0.617. The Balaban J connectivity index is 2.54. The van der Waals surface area contributed by atoms with Crippen molar-refractivity contribution in [2.75, 3.05) is 4.90 Å². The summed E-state index contributed by atoms with van der Waals surface area (Å²) in [5, 5.41) is 0. The van der Waals surface area contributed by atoms with Gasteiger partial charge in [-0.15, -0.1) is 0 Å². The molecule has 1 aliphatic rings. The largest absolute Gasteiger partial charge is 0.333 e. The Kier molecular flexibility index (Phi) is 2.51. The van der Waals surface area contributed by atoms with E-state index in [-0.39, 0.29) is 5.82 Å². The second kappa shape index (κ2) is 3.56. The molecule has 1 aliphatic heterocycles. The van der Waals surface area contributed by atoms with E-state index in [4.69, 9.17) is 12.2 Å². The van der Waals surface area contributed by atoms with E-state index in [2.05, 4.69) is 13.8 Å². The Morgan fingerprint density at radius 1 is 1.40 bits per heavy atom. The third-order valence-electron chi connectivity index (χ3n) is 2.75. The first-order chi connectivity index (χ1) is 7.00. The first-order valence-corrected chi connectivity index (χ1v) is 5.52. The molecule has 1 heterocycles. The van der Waals surface area contributed by atoms with Crippen molar-refractivity contribution in [2.24, 2.45) is 0 Å². The fourth-order valence-corrected chi connectivity index (χ4v) is 2.51. The highest BCUT2D eigenvalue weighted by atomic mass is 32.1. The summed E-state index contributed by atoms with van der Waals surface area (Å²) in [4.78, 5) is 2.93. The van der Waals surface area contributed by atoms with Gasteiger partial charge in [0.25, 0.3) is 0 Å². The van der Waals surface area contributed by atoms with E-state index in [9.17, 15) is 4.39 Å². The number of anilines is 1. The van der Waals surface area contributed by atoms with Crippen LogP contribution in [-0.2, 0) is 6.42 Å². The molecule has 2 rings (SSSR count). The van der Waals surface area contributed by atoms with Crippen LogP contribution in [0.15, 0.2) is 12.1 Å². The maximum atomic E-state index is 13.5. The Morgan fingerprint density at radius 2 is 2.07 bits per heavy atom. The minimum atomic E-state index is -0.149.